The highest BCUT2D eigenvalue weighted by molar-refractivity contribution is 9.11. The van der Waals surface area contributed by atoms with Gasteiger partial charge in [-0.1, -0.05) is 37.9 Å². The third kappa shape index (κ3) is 2.77. The van der Waals surface area contributed by atoms with E-state index in [1.807, 2.05) is 31.4 Å². The smallest absolute Gasteiger partial charge is 0.0751 e. The highest BCUT2D eigenvalue weighted by Gasteiger charge is 2.16. The van der Waals surface area contributed by atoms with E-state index in [-0.39, 0.29) is 6.04 Å². The standard InChI is InChI=1S/C11H12Br2N4/c1-17-6-7(5-15-17)11(16-14)9-3-2-8(12)4-10(9)13/h2-6,11,16H,14H2,1H3. The van der Waals surface area contributed by atoms with Crippen molar-refractivity contribution in [2.75, 3.05) is 0 Å². The van der Waals surface area contributed by atoms with Crippen molar-refractivity contribution in [2.45, 2.75) is 6.04 Å². The van der Waals surface area contributed by atoms with Crippen molar-refractivity contribution >= 4 is 31.9 Å². The molecule has 0 radical (unpaired) electrons. The quantitative estimate of drug-likeness (QED) is 0.654. The van der Waals surface area contributed by atoms with Crippen molar-refractivity contribution in [2.24, 2.45) is 12.9 Å². The van der Waals surface area contributed by atoms with Crippen LogP contribution < -0.4 is 11.3 Å². The van der Waals surface area contributed by atoms with Crippen molar-refractivity contribution in [3.8, 4) is 0 Å². The van der Waals surface area contributed by atoms with E-state index in [1.165, 1.54) is 0 Å². The van der Waals surface area contributed by atoms with E-state index in [4.69, 9.17) is 5.84 Å². The van der Waals surface area contributed by atoms with Crippen LogP contribution in [0.4, 0.5) is 0 Å². The van der Waals surface area contributed by atoms with Crippen LogP contribution in [-0.2, 0) is 7.05 Å². The number of halogens is 2. The zero-order chi connectivity index (χ0) is 12.4. The van der Waals surface area contributed by atoms with Crippen molar-refractivity contribution in [3.05, 3.63) is 50.7 Å². The fourth-order valence-corrected chi connectivity index (χ4v) is 2.97. The number of nitrogens with two attached hydrogens (primary N) is 1. The molecule has 6 heteroatoms. The molecular weight excluding hydrogens is 348 g/mol. The van der Waals surface area contributed by atoms with Crippen LogP contribution in [0, 0.1) is 0 Å². The molecule has 1 heterocycles. The zero-order valence-electron chi connectivity index (χ0n) is 9.19. The van der Waals surface area contributed by atoms with Crippen LogP contribution in [-0.4, -0.2) is 9.78 Å². The number of benzene rings is 1. The van der Waals surface area contributed by atoms with Crippen LogP contribution in [0.2, 0.25) is 0 Å². The molecule has 2 aromatic rings. The predicted octanol–water partition coefficient (Wildman–Crippen LogP) is 2.50. The Bertz CT molecular complexity index is 524. The van der Waals surface area contributed by atoms with E-state index in [2.05, 4.69) is 42.4 Å². The average Bonchev–Trinajstić information content (AvgIpc) is 2.69. The van der Waals surface area contributed by atoms with Crippen LogP contribution in [0.1, 0.15) is 17.2 Å². The van der Waals surface area contributed by atoms with Gasteiger partial charge in [-0.15, -0.1) is 0 Å². The first-order valence-electron chi connectivity index (χ1n) is 5.01. The van der Waals surface area contributed by atoms with Gasteiger partial charge >= 0.3 is 0 Å². The topological polar surface area (TPSA) is 55.9 Å². The van der Waals surface area contributed by atoms with E-state index < -0.39 is 0 Å². The van der Waals surface area contributed by atoms with Gasteiger partial charge in [0.1, 0.15) is 0 Å². The molecule has 1 atom stereocenters. The van der Waals surface area contributed by atoms with Gasteiger partial charge < -0.3 is 0 Å². The molecule has 0 saturated carbocycles. The van der Waals surface area contributed by atoms with Gasteiger partial charge in [-0.2, -0.15) is 5.10 Å². The summed E-state index contributed by atoms with van der Waals surface area (Å²) in [6, 6.07) is 5.92. The van der Waals surface area contributed by atoms with Crippen molar-refractivity contribution < 1.29 is 0 Å². The molecule has 0 bridgehead atoms. The highest BCUT2D eigenvalue weighted by atomic mass is 79.9. The highest BCUT2D eigenvalue weighted by Crippen LogP contribution is 2.30. The molecule has 1 aromatic carbocycles. The molecule has 1 unspecified atom stereocenters. The molecule has 2 rings (SSSR count). The maximum absolute atomic E-state index is 5.63. The number of hydrazine groups is 1. The molecule has 0 spiro atoms. The minimum absolute atomic E-state index is 0.0776. The Morgan fingerprint density at radius 1 is 1.41 bits per heavy atom. The van der Waals surface area contributed by atoms with Crippen LogP contribution in [0.25, 0.3) is 0 Å². The maximum Gasteiger partial charge on any atom is 0.0751 e. The molecule has 0 saturated heterocycles. The lowest BCUT2D eigenvalue weighted by Gasteiger charge is -2.16. The molecule has 0 aliphatic carbocycles. The first-order chi connectivity index (χ1) is 8.11. The fourth-order valence-electron chi connectivity index (χ4n) is 1.69. The second-order valence-corrected chi connectivity index (χ2v) is 5.48. The molecule has 0 aliphatic heterocycles. The van der Waals surface area contributed by atoms with E-state index >= 15 is 0 Å². The number of aromatic nitrogens is 2. The summed E-state index contributed by atoms with van der Waals surface area (Å²) in [6.07, 6.45) is 3.75. The normalized spacial score (nSPS) is 12.7. The lowest BCUT2D eigenvalue weighted by Crippen LogP contribution is -2.28. The van der Waals surface area contributed by atoms with Gasteiger partial charge in [0.15, 0.2) is 0 Å². The van der Waals surface area contributed by atoms with Gasteiger partial charge in [-0.05, 0) is 17.7 Å². The van der Waals surface area contributed by atoms with Gasteiger partial charge in [0.25, 0.3) is 0 Å². The number of rotatable bonds is 3. The summed E-state index contributed by atoms with van der Waals surface area (Å²) in [5, 5.41) is 4.15. The molecule has 17 heavy (non-hydrogen) atoms. The van der Waals surface area contributed by atoms with Gasteiger partial charge in [0.05, 0.1) is 12.2 Å². The lowest BCUT2D eigenvalue weighted by molar-refractivity contribution is 0.633. The summed E-state index contributed by atoms with van der Waals surface area (Å²) in [5.41, 5.74) is 4.91. The predicted molar refractivity (Wildman–Crippen MR) is 74.2 cm³/mol. The van der Waals surface area contributed by atoms with Crippen LogP contribution in [0.5, 0.6) is 0 Å². The maximum atomic E-state index is 5.63. The summed E-state index contributed by atoms with van der Waals surface area (Å²) in [5.74, 6) is 5.63. The Labute approximate surface area is 116 Å². The van der Waals surface area contributed by atoms with Gasteiger partial charge in [-0.25, -0.2) is 5.43 Å². The van der Waals surface area contributed by atoms with E-state index in [9.17, 15) is 0 Å². The largest absolute Gasteiger partial charge is 0.275 e. The molecule has 0 fully saturated rings. The molecule has 0 aliphatic rings. The Morgan fingerprint density at radius 3 is 2.71 bits per heavy atom. The Morgan fingerprint density at radius 2 is 2.18 bits per heavy atom. The summed E-state index contributed by atoms with van der Waals surface area (Å²) < 4.78 is 3.78. The summed E-state index contributed by atoms with van der Waals surface area (Å²) >= 11 is 6.97. The first-order valence-corrected chi connectivity index (χ1v) is 6.60. The third-order valence-electron chi connectivity index (χ3n) is 2.50. The first kappa shape index (κ1) is 12.8. The van der Waals surface area contributed by atoms with Gasteiger partial charge in [-0.3, -0.25) is 10.5 Å². The van der Waals surface area contributed by atoms with Gasteiger partial charge in [0.2, 0.25) is 0 Å². The Hall–Kier alpha value is -0.690. The molecule has 1 aromatic heterocycles. The van der Waals surface area contributed by atoms with Crippen molar-refractivity contribution in [3.63, 3.8) is 0 Å². The number of hydrogen-bond donors (Lipinski definition) is 2. The summed E-state index contributed by atoms with van der Waals surface area (Å²) in [6.45, 7) is 0. The molecule has 90 valence electrons. The average molecular weight is 360 g/mol. The minimum atomic E-state index is -0.0776. The number of nitrogens with zero attached hydrogens (tertiary/aromatic N) is 2. The number of nitrogens with one attached hydrogen (secondary N) is 1. The number of aryl methyl sites for hydroxylation is 1. The lowest BCUT2D eigenvalue weighted by atomic mass is 10.0. The minimum Gasteiger partial charge on any atom is -0.275 e. The van der Waals surface area contributed by atoms with E-state index in [0.717, 1.165) is 20.1 Å². The van der Waals surface area contributed by atoms with Crippen LogP contribution in [0.3, 0.4) is 0 Å². The summed E-state index contributed by atoms with van der Waals surface area (Å²) in [4.78, 5) is 0. The fraction of sp³-hybridized carbons (Fsp3) is 0.182. The van der Waals surface area contributed by atoms with Crippen LogP contribution >= 0.6 is 31.9 Å². The molecule has 0 amide bonds. The Kier molecular flexibility index (Phi) is 3.98. The SMILES string of the molecule is Cn1cc(C(NN)c2ccc(Br)cc2Br)cn1. The monoisotopic (exact) mass is 358 g/mol. The van der Waals surface area contributed by atoms with Crippen molar-refractivity contribution in [1.82, 2.24) is 15.2 Å². The van der Waals surface area contributed by atoms with E-state index in [1.54, 1.807) is 10.9 Å². The second kappa shape index (κ2) is 5.30. The number of hydrogen-bond acceptors (Lipinski definition) is 3. The van der Waals surface area contributed by atoms with Crippen molar-refractivity contribution in [1.29, 1.82) is 0 Å². The zero-order valence-corrected chi connectivity index (χ0v) is 12.4. The molecular formula is C11H12Br2N4. The second-order valence-electron chi connectivity index (χ2n) is 3.71. The Balaban J connectivity index is 2.42. The summed E-state index contributed by atoms with van der Waals surface area (Å²) in [7, 11) is 1.88. The van der Waals surface area contributed by atoms with Gasteiger partial charge in [0, 0.05) is 27.8 Å². The van der Waals surface area contributed by atoms with Crippen LogP contribution in [0.15, 0.2) is 39.5 Å². The van der Waals surface area contributed by atoms with E-state index in [0.29, 0.717) is 0 Å². The third-order valence-corrected chi connectivity index (χ3v) is 3.68. The molecule has 3 N–H and O–H groups in total. The molecule has 4 nitrogen and oxygen atoms in total.